The van der Waals surface area contributed by atoms with Gasteiger partial charge in [0.05, 0.1) is 6.54 Å². The Morgan fingerprint density at radius 2 is 1.16 bits per heavy atom. The lowest BCUT2D eigenvalue weighted by Crippen LogP contribution is -2.42. The van der Waals surface area contributed by atoms with Crippen LogP contribution < -0.4 is 22.1 Å². The molecule has 0 saturated carbocycles. The summed E-state index contributed by atoms with van der Waals surface area (Å²) in [6.07, 6.45) is 1.33. The molecule has 0 spiro atoms. The fourth-order valence-electron chi connectivity index (χ4n) is 1.95. The molecule has 0 radical (unpaired) electrons. The second-order valence-electron chi connectivity index (χ2n) is 7.21. The Morgan fingerprint density at radius 1 is 0.757 bits per heavy atom. The maximum atomic E-state index is 11.2. The van der Waals surface area contributed by atoms with Crippen molar-refractivity contribution in [3.05, 3.63) is 71.8 Å². The van der Waals surface area contributed by atoms with Gasteiger partial charge in [0.25, 0.3) is 0 Å². The number of benzene rings is 2. The van der Waals surface area contributed by atoms with Crippen molar-refractivity contribution < 1.29 is 28.7 Å². The van der Waals surface area contributed by atoms with E-state index in [-0.39, 0.29) is 19.8 Å². The third-order valence-corrected chi connectivity index (χ3v) is 4.09. The molecule has 10 nitrogen and oxygen atoms in total. The second-order valence-corrected chi connectivity index (χ2v) is 7.21. The van der Waals surface area contributed by atoms with Gasteiger partial charge >= 0.3 is 12.2 Å². The van der Waals surface area contributed by atoms with E-state index in [1.807, 2.05) is 74.5 Å². The normalized spacial score (nSPS) is 9.76. The maximum Gasteiger partial charge on any atom is 0.408 e. The number of ether oxygens (including phenoxy) is 2. The summed E-state index contributed by atoms with van der Waals surface area (Å²) in [6.45, 7) is 9.98. The molecule has 206 valence electrons. The molecule has 2 aromatic carbocycles. The minimum Gasteiger partial charge on any atom is -0.445 e. The molecule has 0 aromatic heterocycles. The number of rotatable bonds is 9. The Balaban J connectivity index is 0. The number of nitrogens with one attached hydrogen (secondary N) is 2. The molecule has 0 heterocycles. The van der Waals surface area contributed by atoms with Gasteiger partial charge in [-0.05, 0) is 18.1 Å². The van der Waals surface area contributed by atoms with Crippen LogP contribution in [0.1, 0.15) is 58.6 Å². The number of unbranched alkanes of at least 4 members (excludes halogenated alkanes) is 1. The summed E-state index contributed by atoms with van der Waals surface area (Å²) in [4.78, 5) is 43.2. The third kappa shape index (κ3) is 22.1. The Morgan fingerprint density at radius 3 is 1.51 bits per heavy atom. The van der Waals surface area contributed by atoms with E-state index in [1.165, 1.54) is 19.8 Å². The van der Waals surface area contributed by atoms with Gasteiger partial charge in [-0.2, -0.15) is 0 Å². The fourth-order valence-corrected chi connectivity index (χ4v) is 1.95. The van der Waals surface area contributed by atoms with Crippen molar-refractivity contribution in [2.45, 2.75) is 66.7 Å². The van der Waals surface area contributed by atoms with E-state index in [9.17, 15) is 19.2 Å². The zero-order valence-electron chi connectivity index (χ0n) is 22.5. The van der Waals surface area contributed by atoms with Crippen LogP contribution in [0.25, 0.3) is 0 Å². The highest BCUT2D eigenvalue weighted by molar-refractivity contribution is 5.83. The van der Waals surface area contributed by atoms with Crippen molar-refractivity contribution in [2.24, 2.45) is 11.5 Å². The molecule has 2 rings (SSSR count). The standard InChI is InChI=1S/C11H14N2O3.C10H12N2O3.C4H10.C2H6/c1-8(10(12)14)13-11(15)16-7-9-5-3-2-4-6-9;11-9(13)6-12-10(14)15-7-8-4-2-1-3-5-8;1-3-4-2;1-2/h2-6,8H,7H2,1H3,(H2,12,14)(H,13,15);1-5H,6-7H2,(H2,11,13)(H,12,14);3-4H2,1-2H3;1-2H3. The van der Waals surface area contributed by atoms with Crippen molar-refractivity contribution in [1.82, 2.24) is 10.6 Å². The molecule has 4 amide bonds. The summed E-state index contributed by atoms with van der Waals surface area (Å²) in [5, 5.41) is 4.53. The number of carbonyl (C=O) groups excluding carboxylic acids is 4. The molecule has 0 aliphatic heterocycles. The lowest BCUT2D eigenvalue weighted by molar-refractivity contribution is -0.119. The maximum absolute atomic E-state index is 11.2. The molecular formula is C27H42N4O6. The van der Waals surface area contributed by atoms with E-state index in [1.54, 1.807) is 0 Å². The van der Waals surface area contributed by atoms with Gasteiger partial charge in [-0.15, -0.1) is 0 Å². The van der Waals surface area contributed by atoms with Crippen LogP contribution in [-0.2, 0) is 32.3 Å². The van der Waals surface area contributed by atoms with E-state index >= 15 is 0 Å². The molecule has 0 saturated heterocycles. The third-order valence-electron chi connectivity index (χ3n) is 4.09. The average molecular weight is 519 g/mol. The molecule has 1 atom stereocenters. The van der Waals surface area contributed by atoms with Gasteiger partial charge in [-0.3, -0.25) is 9.59 Å². The predicted octanol–water partition coefficient (Wildman–Crippen LogP) is 4.02. The topological polar surface area (TPSA) is 163 Å². The minimum absolute atomic E-state index is 0.165. The number of nitrogens with two attached hydrogens (primary N) is 2. The van der Waals surface area contributed by atoms with Crippen LogP contribution in [0.15, 0.2) is 60.7 Å². The molecular weight excluding hydrogens is 476 g/mol. The summed E-state index contributed by atoms with van der Waals surface area (Å²) in [5.41, 5.74) is 11.6. The zero-order chi connectivity index (χ0) is 28.5. The van der Waals surface area contributed by atoms with Gasteiger partial charge < -0.3 is 31.6 Å². The first kappa shape index (κ1) is 35.1. The summed E-state index contributed by atoms with van der Waals surface area (Å²) < 4.78 is 9.71. The highest BCUT2D eigenvalue weighted by Crippen LogP contribution is 2.01. The van der Waals surface area contributed by atoms with E-state index in [0.717, 1.165) is 11.1 Å². The van der Waals surface area contributed by atoms with Crippen LogP contribution in [0.5, 0.6) is 0 Å². The van der Waals surface area contributed by atoms with E-state index in [4.69, 9.17) is 20.9 Å². The van der Waals surface area contributed by atoms with E-state index < -0.39 is 30.0 Å². The summed E-state index contributed by atoms with van der Waals surface area (Å²) >= 11 is 0. The van der Waals surface area contributed by atoms with E-state index in [0.29, 0.717) is 0 Å². The van der Waals surface area contributed by atoms with Crippen molar-refractivity contribution in [2.75, 3.05) is 6.54 Å². The largest absolute Gasteiger partial charge is 0.445 e. The molecule has 0 bridgehead atoms. The van der Waals surface area contributed by atoms with Gasteiger partial charge in [0.2, 0.25) is 11.8 Å². The summed E-state index contributed by atoms with van der Waals surface area (Å²) in [5.74, 6) is -1.21. The smallest absolute Gasteiger partial charge is 0.408 e. The molecule has 0 aliphatic rings. The molecule has 1 unspecified atom stereocenters. The van der Waals surface area contributed by atoms with Crippen LogP contribution in [-0.4, -0.2) is 36.6 Å². The number of hydrogen-bond acceptors (Lipinski definition) is 6. The lowest BCUT2D eigenvalue weighted by atomic mass is 10.2. The van der Waals surface area contributed by atoms with Gasteiger partial charge in [0, 0.05) is 0 Å². The van der Waals surface area contributed by atoms with Crippen molar-refractivity contribution in [3.63, 3.8) is 0 Å². The number of carbonyl (C=O) groups is 4. The molecule has 2 aromatic rings. The van der Waals surface area contributed by atoms with Crippen LogP contribution in [0.4, 0.5) is 9.59 Å². The number of amides is 4. The molecule has 0 aliphatic carbocycles. The molecule has 6 N–H and O–H groups in total. The van der Waals surface area contributed by atoms with Gasteiger partial charge in [0.15, 0.2) is 0 Å². The molecule has 37 heavy (non-hydrogen) atoms. The van der Waals surface area contributed by atoms with Gasteiger partial charge in [0.1, 0.15) is 19.3 Å². The Hall–Kier alpha value is -4.08. The highest BCUT2D eigenvalue weighted by atomic mass is 16.6. The van der Waals surface area contributed by atoms with Crippen LogP contribution in [0, 0.1) is 0 Å². The highest BCUT2D eigenvalue weighted by Gasteiger charge is 2.12. The predicted molar refractivity (Wildman–Crippen MR) is 144 cm³/mol. The van der Waals surface area contributed by atoms with Gasteiger partial charge in [-0.25, -0.2) is 9.59 Å². The van der Waals surface area contributed by atoms with Crippen molar-refractivity contribution >= 4 is 24.0 Å². The Kier molecular flexibility index (Phi) is 22.4. The minimum atomic E-state index is -0.733. The quantitative estimate of drug-likeness (QED) is 0.392. The van der Waals surface area contributed by atoms with Crippen molar-refractivity contribution in [1.29, 1.82) is 0 Å². The average Bonchev–Trinajstić information content (AvgIpc) is 2.92. The van der Waals surface area contributed by atoms with Crippen LogP contribution in [0.3, 0.4) is 0 Å². The second kappa shape index (κ2) is 23.7. The lowest BCUT2D eigenvalue weighted by Gasteiger charge is -2.10. The summed E-state index contributed by atoms with van der Waals surface area (Å²) in [6, 6.07) is 17.8. The van der Waals surface area contributed by atoms with Crippen LogP contribution >= 0.6 is 0 Å². The van der Waals surface area contributed by atoms with Crippen molar-refractivity contribution in [3.8, 4) is 0 Å². The van der Waals surface area contributed by atoms with Gasteiger partial charge in [-0.1, -0.05) is 101 Å². The number of alkyl carbamates (subject to hydrolysis) is 2. The number of primary amides is 2. The summed E-state index contributed by atoms with van der Waals surface area (Å²) in [7, 11) is 0. The monoisotopic (exact) mass is 518 g/mol. The zero-order valence-corrected chi connectivity index (χ0v) is 22.5. The fraction of sp³-hybridized carbons (Fsp3) is 0.407. The first-order valence-corrected chi connectivity index (χ1v) is 12.2. The first-order chi connectivity index (χ1) is 17.7. The Labute approximate surface area is 220 Å². The first-order valence-electron chi connectivity index (χ1n) is 12.2. The Bertz CT molecular complexity index is 877. The molecule has 0 fully saturated rings. The van der Waals surface area contributed by atoms with Crippen LogP contribution in [0.2, 0.25) is 0 Å². The molecule has 10 heteroatoms. The SMILES string of the molecule is CC.CC(NC(=O)OCc1ccccc1)C(N)=O.CCCC.NC(=O)CNC(=O)OCc1ccccc1. The number of hydrogen-bond donors (Lipinski definition) is 4. The van der Waals surface area contributed by atoms with E-state index in [2.05, 4.69) is 24.5 Å².